The van der Waals surface area contributed by atoms with E-state index in [2.05, 4.69) is 10.0 Å². The first-order valence-corrected chi connectivity index (χ1v) is 10.3. The van der Waals surface area contributed by atoms with Crippen molar-refractivity contribution in [3.8, 4) is 0 Å². The van der Waals surface area contributed by atoms with Crippen LogP contribution >= 0.6 is 0 Å². The number of sulfonamides is 1. The molecule has 2 atom stereocenters. The number of aryl methyl sites for hydroxylation is 1. The molecule has 1 aliphatic carbocycles. The number of amides is 1. The first-order valence-electron chi connectivity index (χ1n) is 8.86. The molecule has 1 amide bonds. The molecule has 1 fully saturated rings. The molecule has 3 N–H and O–H groups in total. The number of benzene rings is 1. The largest absolute Gasteiger partial charge is 0.480 e. The summed E-state index contributed by atoms with van der Waals surface area (Å²) in [6.07, 6.45) is 2.96. The van der Waals surface area contributed by atoms with Crippen molar-refractivity contribution in [2.24, 2.45) is 5.92 Å². The van der Waals surface area contributed by atoms with E-state index in [-0.39, 0.29) is 29.2 Å². The fourth-order valence-corrected chi connectivity index (χ4v) is 3.82. The van der Waals surface area contributed by atoms with Gasteiger partial charge in [-0.25, -0.2) is 17.9 Å². The van der Waals surface area contributed by atoms with Gasteiger partial charge in [-0.2, -0.15) is 0 Å². The van der Waals surface area contributed by atoms with Crippen molar-refractivity contribution in [1.82, 2.24) is 10.0 Å². The Hall–Kier alpha value is -1.93. The average Bonchev–Trinajstić information content (AvgIpc) is 3.40. The Kier molecular flexibility index (Phi) is 6.77. The lowest BCUT2D eigenvalue weighted by Gasteiger charge is -2.20. The van der Waals surface area contributed by atoms with Gasteiger partial charge in [0, 0.05) is 12.5 Å². The summed E-state index contributed by atoms with van der Waals surface area (Å²) in [6, 6.07) is 5.56. The van der Waals surface area contributed by atoms with E-state index in [4.69, 9.17) is 0 Å². The van der Waals surface area contributed by atoms with E-state index in [9.17, 15) is 23.1 Å². The van der Waals surface area contributed by atoms with Gasteiger partial charge >= 0.3 is 5.97 Å². The maximum Gasteiger partial charge on any atom is 0.326 e. The van der Waals surface area contributed by atoms with Crippen LogP contribution in [-0.4, -0.2) is 37.5 Å². The van der Waals surface area contributed by atoms with Crippen molar-refractivity contribution in [1.29, 1.82) is 0 Å². The average molecular weight is 382 g/mol. The standard InChI is InChI=1S/C18H26N2O5S/c1-3-12(2)17(18(22)23)19-16(21)11-6-13-4-9-15(10-5-13)26(24,25)20-14-7-8-14/h4-5,9-10,12,14,17,20H,3,6-8,11H2,1-2H3,(H,19,21)(H,22,23). The number of carbonyl (C=O) groups is 2. The molecule has 0 spiro atoms. The first kappa shape index (κ1) is 20.4. The highest BCUT2D eigenvalue weighted by Crippen LogP contribution is 2.22. The summed E-state index contributed by atoms with van der Waals surface area (Å²) in [6.45, 7) is 3.66. The quantitative estimate of drug-likeness (QED) is 0.570. The van der Waals surface area contributed by atoms with Crippen molar-refractivity contribution in [2.75, 3.05) is 0 Å². The Labute approximate surface area is 154 Å². The first-order chi connectivity index (χ1) is 12.2. The highest BCUT2D eigenvalue weighted by molar-refractivity contribution is 7.89. The van der Waals surface area contributed by atoms with Crippen LogP contribution < -0.4 is 10.0 Å². The lowest BCUT2D eigenvalue weighted by Crippen LogP contribution is -2.45. The molecule has 1 saturated carbocycles. The van der Waals surface area contributed by atoms with Crippen molar-refractivity contribution in [3.05, 3.63) is 29.8 Å². The zero-order valence-corrected chi connectivity index (χ0v) is 15.9. The Morgan fingerprint density at radius 2 is 1.85 bits per heavy atom. The molecule has 7 nitrogen and oxygen atoms in total. The number of carbonyl (C=O) groups excluding carboxylic acids is 1. The molecule has 0 aliphatic heterocycles. The van der Waals surface area contributed by atoms with Gasteiger partial charge < -0.3 is 10.4 Å². The molecular weight excluding hydrogens is 356 g/mol. The molecule has 0 heterocycles. The van der Waals surface area contributed by atoms with Gasteiger partial charge in [0.05, 0.1) is 4.90 Å². The Balaban J connectivity index is 1.88. The SMILES string of the molecule is CCC(C)C(NC(=O)CCc1ccc(S(=O)(=O)NC2CC2)cc1)C(=O)O. The number of carboxylic acids is 1. The van der Waals surface area contributed by atoms with Gasteiger partial charge in [-0.15, -0.1) is 0 Å². The van der Waals surface area contributed by atoms with Crippen molar-refractivity contribution < 1.29 is 23.1 Å². The van der Waals surface area contributed by atoms with Crippen LogP contribution in [-0.2, 0) is 26.0 Å². The predicted molar refractivity (Wildman–Crippen MR) is 97.1 cm³/mol. The van der Waals surface area contributed by atoms with E-state index in [0.717, 1.165) is 18.4 Å². The molecule has 144 valence electrons. The van der Waals surface area contributed by atoms with Crippen LogP contribution in [0.15, 0.2) is 29.2 Å². The molecule has 8 heteroatoms. The minimum Gasteiger partial charge on any atom is -0.480 e. The van der Waals surface area contributed by atoms with Crippen LogP contribution in [0, 0.1) is 5.92 Å². The summed E-state index contributed by atoms with van der Waals surface area (Å²) < 4.78 is 26.8. The summed E-state index contributed by atoms with van der Waals surface area (Å²) in [5, 5.41) is 11.8. The zero-order valence-electron chi connectivity index (χ0n) is 15.1. The molecule has 0 saturated heterocycles. The highest BCUT2D eigenvalue weighted by atomic mass is 32.2. The second-order valence-electron chi connectivity index (χ2n) is 6.81. The van der Waals surface area contributed by atoms with Gasteiger partial charge in [-0.3, -0.25) is 4.79 Å². The third kappa shape index (κ3) is 5.81. The molecule has 0 aromatic heterocycles. The lowest BCUT2D eigenvalue weighted by molar-refractivity contribution is -0.143. The second kappa shape index (κ2) is 8.64. The normalized spacial score (nSPS) is 16.7. The maximum absolute atomic E-state index is 12.1. The molecular formula is C18H26N2O5S. The van der Waals surface area contributed by atoms with Gasteiger partial charge in [0.25, 0.3) is 0 Å². The van der Waals surface area contributed by atoms with Gasteiger partial charge in [0.2, 0.25) is 15.9 Å². The molecule has 1 aromatic carbocycles. The van der Waals surface area contributed by atoms with E-state index in [1.54, 1.807) is 19.1 Å². The lowest BCUT2D eigenvalue weighted by atomic mass is 9.99. The number of nitrogens with one attached hydrogen (secondary N) is 2. The third-order valence-electron chi connectivity index (χ3n) is 4.57. The summed E-state index contributed by atoms with van der Waals surface area (Å²) in [5.41, 5.74) is 0.820. The monoisotopic (exact) mass is 382 g/mol. The van der Waals surface area contributed by atoms with Crippen LogP contribution in [0.5, 0.6) is 0 Å². The molecule has 2 unspecified atom stereocenters. The minimum atomic E-state index is -3.48. The van der Waals surface area contributed by atoms with Gasteiger partial charge in [0.1, 0.15) is 6.04 Å². The Bertz CT molecular complexity index is 741. The second-order valence-corrected chi connectivity index (χ2v) is 8.52. The highest BCUT2D eigenvalue weighted by Gasteiger charge is 2.28. The fourth-order valence-electron chi connectivity index (χ4n) is 2.51. The fraction of sp³-hybridized carbons (Fsp3) is 0.556. The molecule has 2 rings (SSSR count). The predicted octanol–water partition coefficient (Wildman–Crippen LogP) is 1.68. The minimum absolute atomic E-state index is 0.0519. The summed E-state index contributed by atoms with van der Waals surface area (Å²) in [7, 11) is -3.48. The van der Waals surface area contributed by atoms with Crippen molar-refractivity contribution in [3.63, 3.8) is 0 Å². The molecule has 0 radical (unpaired) electrons. The summed E-state index contributed by atoms with van der Waals surface area (Å²) in [5.74, 6) is -1.52. The summed E-state index contributed by atoms with van der Waals surface area (Å²) in [4.78, 5) is 23.5. The maximum atomic E-state index is 12.1. The Morgan fingerprint density at radius 3 is 2.35 bits per heavy atom. The Morgan fingerprint density at radius 1 is 1.23 bits per heavy atom. The van der Waals surface area contributed by atoms with Crippen molar-refractivity contribution >= 4 is 21.9 Å². The van der Waals surface area contributed by atoms with E-state index in [0.29, 0.717) is 12.8 Å². The van der Waals surface area contributed by atoms with Crippen LogP contribution in [0.25, 0.3) is 0 Å². The van der Waals surface area contributed by atoms with Crippen LogP contribution in [0.3, 0.4) is 0 Å². The number of carboxylic acid groups (broad SMARTS) is 1. The third-order valence-corrected chi connectivity index (χ3v) is 6.11. The number of hydrogen-bond acceptors (Lipinski definition) is 4. The number of hydrogen-bond donors (Lipinski definition) is 3. The van der Waals surface area contributed by atoms with Crippen LogP contribution in [0.2, 0.25) is 0 Å². The zero-order chi connectivity index (χ0) is 19.3. The smallest absolute Gasteiger partial charge is 0.326 e. The molecule has 1 aromatic rings. The molecule has 1 aliphatic rings. The summed E-state index contributed by atoms with van der Waals surface area (Å²) >= 11 is 0. The van der Waals surface area contributed by atoms with Crippen molar-refractivity contribution in [2.45, 2.75) is 62.9 Å². The van der Waals surface area contributed by atoms with E-state index >= 15 is 0 Å². The number of rotatable bonds is 10. The molecule has 26 heavy (non-hydrogen) atoms. The number of aliphatic carboxylic acids is 1. The van der Waals surface area contributed by atoms with Gasteiger partial charge in [-0.1, -0.05) is 32.4 Å². The van der Waals surface area contributed by atoms with E-state index in [1.807, 2.05) is 6.92 Å². The topological polar surface area (TPSA) is 113 Å². The van der Waals surface area contributed by atoms with E-state index < -0.39 is 22.0 Å². The van der Waals surface area contributed by atoms with Gasteiger partial charge in [-0.05, 0) is 42.9 Å². The van der Waals surface area contributed by atoms with Gasteiger partial charge in [0.15, 0.2) is 0 Å². The van der Waals surface area contributed by atoms with Crippen LogP contribution in [0.4, 0.5) is 0 Å². The molecule has 0 bridgehead atoms. The van der Waals surface area contributed by atoms with E-state index in [1.165, 1.54) is 12.1 Å². The van der Waals surface area contributed by atoms with Crippen LogP contribution in [0.1, 0.15) is 45.1 Å².